The highest BCUT2D eigenvalue weighted by Crippen LogP contribution is 2.23. The number of rotatable bonds is 9. The first-order valence-corrected chi connectivity index (χ1v) is 7.83. The van der Waals surface area contributed by atoms with E-state index < -0.39 is 6.10 Å². The minimum atomic E-state index is -0.525. The third kappa shape index (κ3) is 6.36. The fourth-order valence-corrected chi connectivity index (χ4v) is 2.16. The maximum Gasteiger partial charge on any atom is 0.260 e. The maximum atomic E-state index is 12.0. The molecule has 1 aromatic rings. The predicted molar refractivity (Wildman–Crippen MR) is 86.8 cm³/mol. The molecule has 1 atom stereocenters. The monoisotopic (exact) mass is 312 g/mol. The molecule has 0 spiro atoms. The number of hydrogen-bond acceptors (Lipinski definition) is 3. The number of carbonyl (C=O) groups is 1. The van der Waals surface area contributed by atoms with Gasteiger partial charge >= 0.3 is 0 Å². The van der Waals surface area contributed by atoms with Gasteiger partial charge in [0.25, 0.3) is 5.91 Å². The van der Waals surface area contributed by atoms with Gasteiger partial charge in [-0.2, -0.15) is 0 Å². The first-order valence-electron chi connectivity index (χ1n) is 7.45. The summed E-state index contributed by atoms with van der Waals surface area (Å²) in [6.45, 7) is 5.23. The highest BCUT2D eigenvalue weighted by atomic mass is 35.5. The predicted octanol–water partition coefficient (Wildman–Crippen LogP) is 3.13. The Labute approximate surface area is 132 Å². The lowest BCUT2D eigenvalue weighted by Gasteiger charge is -2.17. The third-order valence-electron chi connectivity index (χ3n) is 3.14. The van der Waals surface area contributed by atoms with Gasteiger partial charge in [-0.05, 0) is 38.6 Å². The second-order valence-electron chi connectivity index (χ2n) is 5.04. The first-order chi connectivity index (χ1) is 10.1. The molecule has 1 amide bonds. The summed E-state index contributed by atoms with van der Waals surface area (Å²) in [5, 5.41) is 6.61. The van der Waals surface area contributed by atoms with Crippen LogP contribution in [0, 0.1) is 0 Å². The van der Waals surface area contributed by atoms with Crippen LogP contribution in [-0.4, -0.2) is 25.6 Å². The molecule has 1 rings (SSSR count). The summed E-state index contributed by atoms with van der Waals surface area (Å²) >= 11 is 5.99. The summed E-state index contributed by atoms with van der Waals surface area (Å²) in [6, 6.07) is 5.41. The standard InChI is InChI=1S/C16H25ClN2O2/c1-4-5-6-9-19-16(20)12(2)21-15-8-7-14(17)10-13(15)11-18-3/h7-8,10,12,18H,4-6,9,11H2,1-3H3,(H,19,20). The molecule has 118 valence electrons. The smallest absolute Gasteiger partial charge is 0.260 e. The van der Waals surface area contributed by atoms with Crippen LogP contribution in [0.25, 0.3) is 0 Å². The summed E-state index contributed by atoms with van der Waals surface area (Å²) in [7, 11) is 1.86. The van der Waals surface area contributed by atoms with E-state index in [2.05, 4.69) is 17.6 Å². The number of halogens is 1. The van der Waals surface area contributed by atoms with Crippen molar-refractivity contribution in [1.29, 1.82) is 0 Å². The molecule has 5 heteroatoms. The van der Waals surface area contributed by atoms with Crippen LogP contribution < -0.4 is 15.4 Å². The summed E-state index contributed by atoms with van der Waals surface area (Å²) < 4.78 is 5.76. The van der Waals surface area contributed by atoms with Gasteiger partial charge in [0.15, 0.2) is 6.10 Å². The number of nitrogens with one attached hydrogen (secondary N) is 2. The molecule has 1 unspecified atom stereocenters. The van der Waals surface area contributed by atoms with E-state index in [-0.39, 0.29) is 5.91 Å². The van der Waals surface area contributed by atoms with Gasteiger partial charge in [0.1, 0.15) is 5.75 Å². The number of benzene rings is 1. The molecule has 0 radical (unpaired) electrons. The van der Waals surface area contributed by atoms with Gasteiger partial charge < -0.3 is 15.4 Å². The van der Waals surface area contributed by atoms with E-state index in [0.29, 0.717) is 23.9 Å². The lowest BCUT2D eigenvalue weighted by Crippen LogP contribution is -2.37. The highest BCUT2D eigenvalue weighted by molar-refractivity contribution is 6.30. The van der Waals surface area contributed by atoms with Crippen LogP contribution >= 0.6 is 11.6 Å². The summed E-state index contributed by atoms with van der Waals surface area (Å²) in [4.78, 5) is 12.0. The minimum Gasteiger partial charge on any atom is -0.481 e. The zero-order valence-electron chi connectivity index (χ0n) is 13.0. The molecule has 0 aromatic heterocycles. The van der Waals surface area contributed by atoms with Gasteiger partial charge in [0.05, 0.1) is 0 Å². The Morgan fingerprint density at radius 3 is 2.81 bits per heavy atom. The van der Waals surface area contributed by atoms with Gasteiger partial charge in [0.2, 0.25) is 0 Å². The Morgan fingerprint density at radius 2 is 2.14 bits per heavy atom. The fourth-order valence-electron chi connectivity index (χ4n) is 1.97. The largest absolute Gasteiger partial charge is 0.481 e. The molecular weight excluding hydrogens is 288 g/mol. The van der Waals surface area contributed by atoms with Crippen molar-refractivity contribution in [1.82, 2.24) is 10.6 Å². The Balaban J connectivity index is 2.57. The molecule has 4 nitrogen and oxygen atoms in total. The zero-order chi connectivity index (χ0) is 15.7. The number of hydrogen-bond donors (Lipinski definition) is 2. The summed E-state index contributed by atoms with van der Waals surface area (Å²) in [5.74, 6) is 0.599. The van der Waals surface area contributed by atoms with Crippen LogP contribution in [0.2, 0.25) is 5.02 Å². The molecule has 0 heterocycles. The molecule has 1 aromatic carbocycles. The quantitative estimate of drug-likeness (QED) is 0.689. The molecule has 0 saturated heterocycles. The van der Waals surface area contributed by atoms with Crippen molar-refractivity contribution in [3.05, 3.63) is 28.8 Å². The lowest BCUT2D eigenvalue weighted by atomic mass is 10.2. The normalized spacial score (nSPS) is 12.0. The van der Waals surface area contributed by atoms with Crippen molar-refractivity contribution in [2.45, 2.75) is 45.8 Å². The molecule has 2 N–H and O–H groups in total. The Morgan fingerprint density at radius 1 is 1.38 bits per heavy atom. The van der Waals surface area contributed by atoms with E-state index >= 15 is 0 Å². The van der Waals surface area contributed by atoms with Crippen LogP contribution in [0.5, 0.6) is 5.75 Å². The number of carbonyl (C=O) groups excluding carboxylic acids is 1. The SMILES string of the molecule is CCCCCNC(=O)C(C)Oc1ccc(Cl)cc1CNC. The number of unbranched alkanes of at least 4 members (excludes halogenated alkanes) is 2. The average molecular weight is 313 g/mol. The molecule has 0 fully saturated rings. The van der Waals surface area contributed by atoms with E-state index in [9.17, 15) is 4.79 Å². The van der Waals surface area contributed by atoms with E-state index in [4.69, 9.17) is 16.3 Å². The van der Waals surface area contributed by atoms with Crippen LogP contribution in [0.1, 0.15) is 38.7 Å². The number of amides is 1. The summed E-state index contributed by atoms with van der Waals surface area (Å²) in [5.41, 5.74) is 0.940. The van der Waals surface area contributed by atoms with Crippen molar-refractivity contribution in [3.63, 3.8) is 0 Å². The van der Waals surface area contributed by atoms with Crippen molar-refractivity contribution in [2.75, 3.05) is 13.6 Å². The topological polar surface area (TPSA) is 50.4 Å². The van der Waals surface area contributed by atoms with E-state index in [1.54, 1.807) is 19.1 Å². The minimum absolute atomic E-state index is 0.0866. The molecule has 0 bridgehead atoms. The van der Waals surface area contributed by atoms with Crippen LogP contribution in [0.15, 0.2) is 18.2 Å². The van der Waals surface area contributed by atoms with E-state index in [1.807, 2.05) is 13.1 Å². The molecule has 0 aliphatic heterocycles. The molecular formula is C16H25ClN2O2. The van der Waals surface area contributed by atoms with Crippen LogP contribution in [0.3, 0.4) is 0 Å². The van der Waals surface area contributed by atoms with Crippen LogP contribution in [-0.2, 0) is 11.3 Å². The van der Waals surface area contributed by atoms with Crippen molar-refractivity contribution < 1.29 is 9.53 Å². The van der Waals surface area contributed by atoms with Gasteiger partial charge in [-0.15, -0.1) is 0 Å². The van der Waals surface area contributed by atoms with Crippen molar-refractivity contribution in [3.8, 4) is 5.75 Å². The van der Waals surface area contributed by atoms with Crippen LogP contribution in [0.4, 0.5) is 0 Å². The molecule has 0 aliphatic rings. The average Bonchev–Trinajstić information content (AvgIpc) is 2.46. The Kier molecular flexibility index (Phi) is 8.16. The van der Waals surface area contributed by atoms with Gasteiger partial charge in [-0.1, -0.05) is 31.4 Å². The van der Waals surface area contributed by atoms with Gasteiger partial charge in [-0.3, -0.25) is 4.79 Å². The number of ether oxygens (including phenoxy) is 1. The van der Waals surface area contributed by atoms with Gasteiger partial charge in [-0.25, -0.2) is 0 Å². The first kappa shape index (κ1) is 17.8. The van der Waals surface area contributed by atoms with Gasteiger partial charge in [0, 0.05) is 23.7 Å². The molecule has 21 heavy (non-hydrogen) atoms. The Bertz CT molecular complexity index is 452. The molecule has 0 aliphatic carbocycles. The van der Waals surface area contributed by atoms with E-state index in [1.165, 1.54) is 0 Å². The zero-order valence-corrected chi connectivity index (χ0v) is 13.8. The van der Waals surface area contributed by atoms with Crippen molar-refractivity contribution >= 4 is 17.5 Å². The third-order valence-corrected chi connectivity index (χ3v) is 3.38. The lowest BCUT2D eigenvalue weighted by molar-refractivity contribution is -0.127. The molecule has 0 saturated carbocycles. The fraction of sp³-hybridized carbons (Fsp3) is 0.562. The maximum absolute atomic E-state index is 12.0. The summed E-state index contributed by atoms with van der Waals surface area (Å²) in [6.07, 6.45) is 2.74. The van der Waals surface area contributed by atoms with Crippen molar-refractivity contribution in [2.24, 2.45) is 0 Å². The Hall–Kier alpha value is -1.26. The highest BCUT2D eigenvalue weighted by Gasteiger charge is 2.15. The second-order valence-corrected chi connectivity index (χ2v) is 5.48. The van der Waals surface area contributed by atoms with E-state index in [0.717, 1.165) is 24.8 Å². The second kappa shape index (κ2) is 9.64.